The van der Waals surface area contributed by atoms with Crippen LogP contribution in [0.2, 0.25) is 0 Å². The molecular weight excluding hydrogens is 458 g/mol. The Morgan fingerprint density at radius 1 is 0.316 bits per heavy atom. The van der Waals surface area contributed by atoms with Gasteiger partial charge in [0, 0.05) is 0 Å². The van der Waals surface area contributed by atoms with E-state index in [1.54, 1.807) is 0 Å². The molecule has 0 rings (SSSR count). The summed E-state index contributed by atoms with van der Waals surface area (Å²) in [5.41, 5.74) is 0. The SMILES string of the molecule is CCCCCCCC/C=C/CCCCCCCCN(C)CCCCCCCC/C=C/CCCCCCCC. The second-order valence-corrected chi connectivity index (χ2v) is 12.2. The van der Waals surface area contributed by atoms with Crippen LogP contribution in [0.5, 0.6) is 0 Å². The predicted octanol–water partition coefficient (Wildman–Crippen LogP) is 13.0. The molecule has 1 heteroatoms. The molecule has 0 unspecified atom stereocenters. The number of nitrogens with zero attached hydrogens (tertiary/aromatic N) is 1. The Morgan fingerprint density at radius 3 is 0.842 bits per heavy atom. The first-order valence-electron chi connectivity index (χ1n) is 17.8. The van der Waals surface area contributed by atoms with Crippen LogP contribution in [0.4, 0.5) is 0 Å². The topological polar surface area (TPSA) is 3.24 Å². The Hall–Kier alpha value is -0.560. The van der Waals surface area contributed by atoms with Crippen molar-refractivity contribution >= 4 is 0 Å². The molecule has 1 nitrogen and oxygen atoms in total. The van der Waals surface area contributed by atoms with E-state index in [4.69, 9.17) is 0 Å². The van der Waals surface area contributed by atoms with Crippen LogP contribution >= 0.6 is 0 Å². The summed E-state index contributed by atoms with van der Waals surface area (Å²) >= 11 is 0. The van der Waals surface area contributed by atoms with E-state index in [1.807, 2.05) is 0 Å². The lowest BCUT2D eigenvalue weighted by Crippen LogP contribution is -2.20. The van der Waals surface area contributed by atoms with Crippen LogP contribution in [0, 0.1) is 0 Å². The van der Waals surface area contributed by atoms with Gasteiger partial charge < -0.3 is 4.90 Å². The molecule has 38 heavy (non-hydrogen) atoms. The lowest BCUT2D eigenvalue weighted by molar-refractivity contribution is 0.314. The van der Waals surface area contributed by atoms with Crippen molar-refractivity contribution in [3.8, 4) is 0 Å². The maximum Gasteiger partial charge on any atom is -0.00218 e. The third-order valence-corrected chi connectivity index (χ3v) is 8.10. The zero-order valence-electron chi connectivity index (χ0n) is 27.0. The fourth-order valence-electron chi connectivity index (χ4n) is 5.37. The maximum atomic E-state index is 2.57. The van der Waals surface area contributed by atoms with Gasteiger partial charge in [0.25, 0.3) is 0 Å². The van der Waals surface area contributed by atoms with Crippen molar-refractivity contribution in [3.05, 3.63) is 24.3 Å². The van der Waals surface area contributed by atoms with Crippen LogP contribution in [-0.4, -0.2) is 25.0 Å². The highest BCUT2D eigenvalue weighted by Gasteiger charge is 1.99. The molecule has 0 aromatic heterocycles. The number of allylic oxidation sites excluding steroid dienone is 4. The average molecular weight is 532 g/mol. The van der Waals surface area contributed by atoms with E-state index in [1.165, 1.54) is 193 Å². The van der Waals surface area contributed by atoms with Gasteiger partial charge in [0.15, 0.2) is 0 Å². The zero-order valence-corrected chi connectivity index (χ0v) is 27.0. The van der Waals surface area contributed by atoms with Crippen molar-refractivity contribution in [2.24, 2.45) is 0 Å². The van der Waals surface area contributed by atoms with Gasteiger partial charge in [-0.3, -0.25) is 0 Å². The van der Waals surface area contributed by atoms with Crippen molar-refractivity contribution in [1.82, 2.24) is 4.90 Å². The molecule has 0 spiro atoms. The molecule has 0 aliphatic rings. The van der Waals surface area contributed by atoms with Crippen molar-refractivity contribution in [1.29, 1.82) is 0 Å². The second-order valence-electron chi connectivity index (χ2n) is 12.2. The van der Waals surface area contributed by atoms with Crippen LogP contribution < -0.4 is 0 Å². The van der Waals surface area contributed by atoms with Crippen LogP contribution in [0.25, 0.3) is 0 Å². The first-order chi connectivity index (χ1) is 18.8. The van der Waals surface area contributed by atoms with E-state index in [2.05, 4.69) is 50.1 Å². The zero-order chi connectivity index (χ0) is 27.6. The van der Waals surface area contributed by atoms with Crippen LogP contribution in [0.1, 0.15) is 194 Å². The van der Waals surface area contributed by atoms with Gasteiger partial charge in [-0.1, -0.05) is 154 Å². The highest BCUT2D eigenvalue weighted by molar-refractivity contribution is 4.82. The molecule has 0 saturated carbocycles. The largest absolute Gasteiger partial charge is 0.306 e. The highest BCUT2D eigenvalue weighted by Crippen LogP contribution is 2.12. The smallest absolute Gasteiger partial charge is 0.00218 e. The van der Waals surface area contributed by atoms with Gasteiger partial charge in [0.1, 0.15) is 0 Å². The fraction of sp³-hybridized carbons (Fsp3) is 0.892. The maximum absolute atomic E-state index is 2.57. The summed E-state index contributed by atoms with van der Waals surface area (Å²) in [4.78, 5) is 2.57. The second kappa shape index (κ2) is 34.5. The molecule has 0 atom stereocenters. The van der Waals surface area contributed by atoms with Crippen molar-refractivity contribution in [2.45, 2.75) is 194 Å². The molecule has 0 saturated heterocycles. The van der Waals surface area contributed by atoms with E-state index >= 15 is 0 Å². The highest BCUT2D eigenvalue weighted by atomic mass is 15.1. The average Bonchev–Trinajstić information content (AvgIpc) is 2.92. The fourth-order valence-corrected chi connectivity index (χ4v) is 5.37. The molecular formula is C37H73N. The molecule has 0 aromatic carbocycles. The van der Waals surface area contributed by atoms with Gasteiger partial charge in [0.2, 0.25) is 0 Å². The van der Waals surface area contributed by atoms with E-state index in [9.17, 15) is 0 Å². The standard InChI is InChI=1S/C37H73N/c1-4-6-8-10-12-14-16-18-20-22-24-26-28-30-32-34-36-38(3)37-35-33-31-29-27-25-23-21-19-17-15-13-11-9-7-5-2/h18-21H,4-17,22-37H2,1-3H3/b20-18+,21-19+. The van der Waals surface area contributed by atoms with E-state index in [-0.39, 0.29) is 0 Å². The minimum Gasteiger partial charge on any atom is -0.306 e. The number of hydrogen-bond acceptors (Lipinski definition) is 1. The normalized spacial score (nSPS) is 12.1. The molecule has 0 aliphatic carbocycles. The molecule has 0 aliphatic heterocycles. The summed E-state index contributed by atoms with van der Waals surface area (Å²) in [6, 6.07) is 0. The molecule has 0 amide bonds. The molecule has 0 N–H and O–H groups in total. The quantitative estimate of drug-likeness (QED) is 0.0616. The van der Waals surface area contributed by atoms with E-state index < -0.39 is 0 Å². The number of hydrogen-bond donors (Lipinski definition) is 0. The van der Waals surface area contributed by atoms with E-state index in [0.717, 1.165) is 0 Å². The third-order valence-electron chi connectivity index (χ3n) is 8.10. The minimum atomic E-state index is 1.30. The predicted molar refractivity (Wildman–Crippen MR) is 176 cm³/mol. The van der Waals surface area contributed by atoms with Crippen molar-refractivity contribution < 1.29 is 0 Å². The lowest BCUT2D eigenvalue weighted by Gasteiger charge is -2.16. The molecule has 0 heterocycles. The Bertz CT molecular complexity index is 423. The summed E-state index contributed by atoms with van der Waals surface area (Å²) in [5, 5.41) is 0. The van der Waals surface area contributed by atoms with Crippen molar-refractivity contribution in [3.63, 3.8) is 0 Å². The third kappa shape index (κ3) is 33.5. The summed E-state index contributed by atoms with van der Waals surface area (Å²) in [6.45, 7) is 7.19. The Labute approximate surface area is 242 Å². The van der Waals surface area contributed by atoms with E-state index in [0.29, 0.717) is 0 Å². The van der Waals surface area contributed by atoms with Crippen LogP contribution in [0.3, 0.4) is 0 Å². The Balaban J connectivity index is 3.22. The monoisotopic (exact) mass is 532 g/mol. The molecule has 0 fully saturated rings. The lowest BCUT2D eigenvalue weighted by atomic mass is 10.1. The van der Waals surface area contributed by atoms with Gasteiger partial charge in [0.05, 0.1) is 0 Å². The minimum absolute atomic E-state index is 1.30. The van der Waals surface area contributed by atoms with Gasteiger partial charge >= 0.3 is 0 Å². The van der Waals surface area contributed by atoms with Crippen LogP contribution in [-0.2, 0) is 0 Å². The summed E-state index contributed by atoms with van der Waals surface area (Å²) in [6.07, 6.45) is 48.9. The van der Waals surface area contributed by atoms with Gasteiger partial charge in [-0.2, -0.15) is 0 Å². The first kappa shape index (κ1) is 37.4. The number of unbranched alkanes of at least 4 members (excludes halogenated alkanes) is 24. The summed E-state index contributed by atoms with van der Waals surface area (Å²) < 4.78 is 0. The Morgan fingerprint density at radius 2 is 0.553 bits per heavy atom. The van der Waals surface area contributed by atoms with Crippen LogP contribution in [0.15, 0.2) is 24.3 Å². The Kier molecular flexibility index (Phi) is 34.0. The van der Waals surface area contributed by atoms with Gasteiger partial charge in [-0.15, -0.1) is 0 Å². The molecule has 226 valence electrons. The van der Waals surface area contributed by atoms with Gasteiger partial charge in [-0.05, 0) is 84.3 Å². The molecule has 0 aromatic rings. The first-order valence-corrected chi connectivity index (χ1v) is 17.8. The summed E-state index contributed by atoms with van der Waals surface area (Å²) in [7, 11) is 2.33. The molecule has 0 radical (unpaired) electrons. The molecule has 0 bridgehead atoms. The summed E-state index contributed by atoms with van der Waals surface area (Å²) in [5.74, 6) is 0. The number of rotatable bonds is 32. The van der Waals surface area contributed by atoms with Crippen molar-refractivity contribution in [2.75, 3.05) is 20.1 Å². The van der Waals surface area contributed by atoms with Gasteiger partial charge in [-0.25, -0.2) is 0 Å².